The van der Waals surface area contributed by atoms with E-state index in [0.29, 0.717) is 12.1 Å². The summed E-state index contributed by atoms with van der Waals surface area (Å²) in [5, 5.41) is 3.59. The molecule has 0 radical (unpaired) electrons. The average molecular weight is 234 g/mol. The number of hydrogen-bond donors (Lipinski definition) is 1. The van der Waals surface area contributed by atoms with Gasteiger partial charge in [0.25, 0.3) is 0 Å². The molecule has 17 heavy (non-hydrogen) atoms. The molecule has 2 atom stereocenters. The van der Waals surface area contributed by atoms with Crippen molar-refractivity contribution in [3.63, 3.8) is 0 Å². The molecule has 1 aromatic carbocycles. The first-order valence-electron chi connectivity index (χ1n) is 6.38. The van der Waals surface area contributed by atoms with E-state index in [1.54, 1.807) is 0 Å². The highest BCUT2D eigenvalue weighted by molar-refractivity contribution is 5.30. The average Bonchev–Trinajstić information content (AvgIpc) is 2.23. The molecular weight excluding hydrogens is 208 g/mol. The Labute approximate surface area is 106 Å². The van der Waals surface area contributed by atoms with Gasteiger partial charge < -0.3 is 10.2 Å². The van der Waals surface area contributed by atoms with E-state index in [1.807, 2.05) is 0 Å². The third kappa shape index (κ3) is 4.49. The van der Waals surface area contributed by atoms with E-state index in [4.69, 9.17) is 0 Å². The van der Waals surface area contributed by atoms with Gasteiger partial charge in [-0.3, -0.25) is 0 Å². The van der Waals surface area contributed by atoms with Crippen molar-refractivity contribution >= 4 is 0 Å². The minimum absolute atomic E-state index is 0.413. The number of nitrogens with zero attached hydrogens (tertiary/aromatic N) is 1. The standard InChI is InChI=1S/C15H26N2/c1-11-7-12(2)9-15(8-11)14(4)16-10-13(3)17(5)6/h7-9,13-14,16H,10H2,1-6H3. The second-order valence-electron chi connectivity index (χ2n) is 5.36. The van der Waals surface area contributed by atoms with Gasteiger partial charge in [0.05, 0.1) is 0 Å². The van der Waals surface area contributed by atoms with Crippen molar-refractivity contribution < 1.29 is 0 Å². The number of aryl methyl sites for hydroxylation is 2. The van der Waals surface area contributed by atoms with Gasteiger partial charge in [0.15, 0.2) is 0 Å². The molecule has 0 saturated carbocycles. The lowest BCUT2D eigenvalue weighted by Gasteiger charge is -2.23. The molecule has 2 unspecified atom stereocenters. The second kappa shape index (κ2) is 6.18. The van der Waals surface area contributed by atoms with Crippen LogP contribution in [-0.4, -0.2) is 31.6 Å². The number of benzene rings is 1. The Morgan fingerprint density at radius 3 is 2.06 bits per heavy atom. The predicted molar refractivity (Wildman–Crippen MR) is 75.5 cm³/mol. The fraction of sp³-hybridized carbons (Fsp3) is 0.600. The monoisotopic (exact) mass is 234 g/mol. The summed E-state index contributed by atoms with van der Waals surface area (Å²) in [5.74, 6) is 0. The van der Waals surface area contributed by atoms with Crippen LogP contribution in [0.4, 0.5) is 0 Å². The summed E-state index contributed by atoms with van der Waals surface area (Å²) >= 11 is 0. The van der Waals surface area contributed by atoms with Gasteiger partial charge in [-0.2, -0.15) is 0 Å². The van der Waals surface area contributed by atoms with Gasteiger partial charge in [0.2, 0.25) is 0 Å². The van der Waals surface area contributed by atoms with E-state index in [0.717, 1.165) is 6.54 Å². The molecule has 2 heteroatoms. The Morgan fingerprint density at radius 2 is 1.59 bits per heavy atom. The molecule has 1 N–H and O–H groups in total. The quantitative estimate of drug-likeness (QED) is 0.842. The van der Waals surface area contributed by atoms with Crippen LogP contribution < -0.4 is 5.32 Å². The SMILES string of the molecule is Cc1cc(C)cc(C(C)NCC(C)N(C)C)c1. The molecule has 0 aliphatic heterocycles. The first-order chi connectivity index (χ1) is 7.90. The van der Waals surface area contributed by atoms with Gasteiger partial charge in [-0.25, -0.2) is 0 Å². The van der Waals surface area contributed by atoms with Crippen LogP contribution in [0.1, 0.15) is 36.6 Å². The molecule has 96 valence electrons. The Hall–Kier alpha value is -0.860. The van der Waals surface area contributed by atoms with Crippen molar-refractivity contribution in [3.8, 4) is 0 Å². The van der Waals surface area contributed by atoms with Crippen LogP contribution in [0, 0.1) is 13.8 Å². The van der Waals surface area contributed by atoms with E-state index < -0.39 is 0 Å². The fourth-order valence-corrected chi connectivity index (χ4v) is 1.91. The number of hydrogen-bond acceptors (Lipinski definition) is 2. The van der Waals surface area contributed by atoms with Gasteiger partial charge in [-0.1, -0.05) is 29.3 Å². The van der Waals surface area contributed by atoms with Crippen molar-refractivity contribution in [2.45, 2.75) is 39.8 Å². The molecule has 0 aromatic heterocycles. The van der Waals surface area contributed by atoms with Crippen LogP contribution in [-0.2, 0) is 0 Å². The molecular formula is C15H26N2. The first-order valence-corrected chi connectivity index (χ1v) is 6.38. The molecule has 0 fully saturated rings. The zero-order valence-corrected chi connectivity index (χ0v) is 12.0. The third-order valence-corrected chi connectivity index (χ3v) is 3.35. The summed E-state index contributed by atoms with van der Waals surface area (Å²) in [5.41, 5.74) is 4.07. The molecule has 0 aliphatic rings. The Morgan fingerprint density at radius 1 is 1.06 bits per heavy atom. The maximum atomic E-state index is 3.59. The van der Waals surface area contributed by atoms with Gasteiger partial charge >= 0.3 is 0 Å². The molecule has 0 aliphatic carbocycles. The van der Waals surface area contributed by atoms with Crippen molar-refractivity contribution in [2.24, 2.45) is 0 Å². The van der Waals surface area contributed by atoms with E-state index in [1.165, 1.54) is 16.7 Å². The van der Waals surface area contributed by atoms with Crippen molar-refractivity contribution in [1.29, 1.82) is 0 Å². The summed E-state index contributed by atoms with van der Waals surface area (Å²) in [6.07, 6.45) is 0. The van der Waals surface area contributed by atoms with E-state index in [-0.39, 0.29) is 0 Å². The molecule has 0 heterocycles. The van der Waals surface area contributed by atoms with Gasteiger partial charge in [-0.05, 0) is 47.4 Å². The molecule has 0 spiro atoms. The Bertz CT molecular complexity index is 338. The highest BCUT2D eigenvalue weighted by Gasteiger charge is 2.09. The number of likely N-dealkylation sites (N-methyl/N-ethyl adjacent to an activating group) is 1. The topological polar surface area (TPSA) is 15.3 Å². The van der Waals surface area contributed by atoms with Gasteiger partial charge in [0, 0.05) is 18.6 Å². The normalized spacial score (nSPS) is 15.0. The summed E-state index contributed by atoms with van der Waals surface area (Å²) in [6, 6.07) is 7.73. The molecule has 0 amide bonds. The molecule has 0 bridgehead atoms. The Kier molecular flexibility index (Phi) is 5.16. The van der Waals surface area contributed by atoms with Crippen molar-refractivity contribution in [3.05, 3.63) is 34.9 Å². The van der Waals surface area contributed by atoms with Crippen molar-refractivity contribution in [2.75, 3.05) is 20.6 Å². The largest absolute Gasteiger partial charge is 0.309 e. The smallest absolute Gasteiger partial charge is 0.0292 e. The summed E-state index contributed by atoms with van der Waals surface area (Å²) in [4.78, 5) is 2.24. The molecule has 1 rings (SSSR count). The van der Waals surface area contributed by atoms with E-state index >= 15 is 0 Å². The molecule has 2 nitrogen and oxygen atoms in total. The zero-order chi connectivity index (χ0) is 13.0. The van der Waals surface area contributed by atoms with Crippen LogP contribution >= 0.6 is 0 Å². The van der Waals surface area contributed by atoms with Crippen molar-refractivity contribution in [1.82, 2.24) is 10.2 Å². The van der Waals surface area contributed by atoms with Gasteiger partial charge in [0.1, 0.15) is 0 Å². The number of rotatable bonds is 5. The van der Waals surface area contributed by atoms with Crippen LogP contribution in [0.25, 0.3) is 0 Å². The second-order valence-corrected chi connectivity index (χ2v) is 5.36. The third-order valence-electron chi connectivity index (χ3n) is 3.35. The summed E-state index contributed by atoms with van der Waals surface area (Å²) in [6.45, 7) is 9.80. The van der Waals surface area contributed by atoms with Crippen LogP contribution in [0.3, 0.4) is 0 Å². The summed E-state index contributed by atoms with van der Waals surface area (Å²) < 4.78 is 0. The fourth-order valence-electron chi connectivity index (χ4n) is 1.91. The highest BCUT2D eigenvalue weighted by atomic mass is 15.1. The van der Waals surface area contributed by atoms with E-state index in [2.05, 4.69) is 70.2 Å². The lowest BCUT2D eigenvalue weighted by molar-refractivity contribution is 0.295. The lowest BCUT2D eigenvalue weighted by Crippen LogP contribution is -2.36. The predicted octanol–water partition coefficient (Wildman–Crippen LogP) is 2.90. The molecule has 1 aromatic rings. The summed E-state index contributed by atoms with van der Waals surface area (Å²) in [7, 11) is 4.24. The first kappa shape index (κ1) is 14.2. The number of nitrogens with one attached hydrogen (secondary N) is 1. The van der Waals surface area contributed by atoms with Crippen LogP contribution in [0.15, 0.2) is 18.2 Å². The van der Waals surface area contributed by atoms with Gasteiger partial charge in [-0.15, -0.1) is 0 Å². The minimum atomic E-state index is 0.413. The minimum Gasteiger partial charge on any atom is -0.309 e. The lowest BCUT2D eigenvalue weighted by atomic mass is 10.0. The molecule has 0 saturated heterocycles. The Balaban J connectivity index is 2.60. The van der Waals surface area contributed by atoms with E-state index in [9.17, 15) is 0 Å². The maximum absolute atomic E-state index is 3.59. The maximum Gasteiger partial charge on any atom is 0.0292 e. The highest BCUT2D eigenvalue weighted by Crippen LogP contribution is 2.16. The van der Waals surface area contributed by atoms with Crippen LogP contribution in [0.5, 0.6) is 0 Å². The zero-order valence-electron chi connectivity index (χ0n) is 12.0. The van der Waals surface area contributed by atoms with Crippen LogP contribution in [0.2, 0.25) is 0 Å².